The van der Waals surface area contributed by atoms with E-state index in [0.717, 1.165) is 28.4 Å². The summed E-state index contributed by atoms with van der Waals surface area (Å²) < 4.78 is 0. The van der Waals surface area contributed by atoms with E-state index in [1.807, 2.05) is 0 Å². The largest absolute Gasteiger partial charge is 0.355 e. The van der Waals surface area contributed by atoms with Crippen LogP contribution >= 0.6 is 0 Å². The SMILES string of the molecule is CC(C)(C)c1ccc(Nc2cc(N(c3ccc(C(C)(C)C)cc3)c3ccc(C(C)(C)C)cc3-c3ccccc3)cc(C(C)(C)C)c2)cc1. The first kappa shape index (κ1) is 35.0. The molecule has 0 aromatic heterocycles. The lowest BCUT2D eigenvalue weighted by atomic mass is 9.84. The van der Waals surface area contributed by atoms with Crippen molar-refractivity contribution >= 4 is 28.4 Å². The average Bonchev–Trinajstić information content (AvgIpc) is 3.00. The van der Waals surface area contributed by atoms with E-state index >= 15 is 0 Å². The fourth-order valence-electron chi connectivity index (χ4n) is 6.05. The Bertz CT molecular complexity index is 1830. The maximum atomic E-state index is 3.77. The van der Waals surface area contributed by atoms with E-state index in [0.29, 0.717) is 0 Å². The summed E-state index contributed by atoms with van der Waals surface area (Å²) in [5, 5.41) is 3.77. The van der Waals surface area contributed by atoms with Gasteiger partial charge in [0.15, 0.2) is 0 Å². The molecule has 5 aromatic carbocycles. The molecule has 0 unspecified atom stereocenters. The average molecular weight is 637 g/mol. The summed E-state index contributed by atoms with van der Waals surface area (Å²) in [7, 11) is 0. The zero-order valence-electron chi connectivity index (χ0n) is 31.4. The van der Waals surface area contributed by atoms with E-state index in [2.05, 4.69) is 209 Å². The van der Waals surface area contributed by atoms with E-state index in [1.165, 1.54) is 33.4 Å². The third-order valence-electron chi connectivity index (χ3n) is 9.26. The van der Waals surface area contributed by atoms with Crippen LogP contribution in [0.3, 0.4) is 0 Å². The van der Waals surface area contributed by atoms with Gasteiger partial charge in [-0.1, -0.05) is 144 Å². The van der Waals surface area contributed by atoms with Gasteiger partial charge in [-0.25, -0.2) is 0 Å². The van der Waals surface area contributed by atoms with Gasteiger partial charge in [-0.15, -0.1) is 0 Å². The first-order valence-electron chi connectivity index (χ1n) is 17.4. The first-order valence-corrected chi connectivity index (χ1v) is 17.4. The molecule has 0 spiro atoms. The third kappa shape index (κ3) is 8.04. The van der Waals surface area contributed by atoms with Crippen molar-refractivity contribution in [2.24, 2.45) is 0 Å². The highest BCUT2D eigenvalue weighted by atomic mass is 15.1. The molecule has 0 bridgehead atoms. The van der Waals surface area contributed by atoms with Crippen LogP contribution in [0.25, 0.3) is 11.1 Å². The van der Waals surface area contributed by atoms with Crippen LogP contribution in [0.15, 0.2) is 115 Å². The Morgan fingerprint density at radius 1 is 0.396 bits per heavy atom. The van der Waals surface area contributed by atoms with Gasteiger partial charge in [0.05, 0.1) is 5.69 Å². The predicted octanol–water partition coefficient (Wildman–Crippen LogP) is 13.8. The lowest BCUT2D eigenvalue weighted by Crippen LogP contribution is -2.17. The Balaban J connectivity index is 1.75. The molecule has 0 aliphatic rings. The molecule has 0 heterocycles. The van der Waals surface area contributed by atoms with E-state index in [1.54, 1.807) is 0 Å². The van der Waals surface area contributed by atoms with Crippen LogP contribution in [0.1, 0.15) is 105 Å². The summed E-state index contributed by atoms with van der Waals surface area (Å²) in [6.07, 6.45) is 0. The van der Waals surface area contributed by atoms with Crippen LogP contribution in [0.5, 0.6) is 0 Å². The maximum absolute atomic E-state index is 3.77. The van der Waals surface area contributed by atoms with Crippen LogP contribution in [0, 0.1) is 0 Å². The molecule has 0 fully saturated rings. The van der Waals surface area contributed by atoms with Gasteiger partial charge in [0.2, 0.25) is 0 Å². The van der Waals surface area contributed by atoms with Gasteiger partial charge in [-0.05, 0) is 104 Å². The minimum Gasteiger partial charge on any atom is -0.355 e. The molecule has 1 N–H and O–H groups in total. The molecule has 2 nitrogen and oxygen atoms in total. The smallest absolute Gasteiger partial charge is 0.0540 e. The Labute approximate surface area is 291 Å². The molecule has 0 aliphatic carbocycles. The van der Waals surface area contributed by atoms with Gasteiger partial charge in [0.25, 0.3) is 0 Å². The maximum Gasteiger partial charge on any atom is 0.0540 e. The van der Waals surface area contributed by atoms with Crippen molar-refractivity contribution in [1.82, 2.24) is 0 Å². The van der Waals surface area contributed by atoms with Gasteiger partial charge >= 0.3 is 0 Å². The van der Waals surface area contributed by atoms with E-state index < -0.39 is 0 Å². The quantitative estimate of drug-likeness (QED) is 0.199. The van der Waals surface area contributed by atoms with Gasteiger partial charge < -0.3 is 10.2 Å². The molecule has 2 heteroatoms. The number of nitrogens with zero attached hydrogens (tertiary/aromatic N) is 1. The molecule has 5 rings (SSSR count). The Morgan fingerprint density at radius 2 is 0.896 bits per heavy atom. The molecule has 5 aromatic rings. The molecule has 0 radical (unpaired) electrons. The fourth-order valence-corrected chi connectivity index (χ4v) is 6.05. The Kier molecular flexibility index (Phi) is 9.45. The van der Waals surface area contributed by atoms with Crippen molar-refractivity contribution < 1.29 is 0 Å². The number of hydrogen-bond acceptors (Lipinski definition) is 2. The Hall–Kier alpha value is -4.30. The van der Waals surface area contributed by atoms with Gasteiger partial charge in [0, 0.05) is 28.3 Å². The second kappa shape index (κ2) is 13.0. The number of hydrogen-bond donors (Lipinski definition) is 1. The number of nitrogens with one attached hydrogen (secondary N) is 1. The monoisotopic (exact) mass is 636 g/mol. The summed E-state index contributed by atoms with van der Waals surface area (Å²) in [6.45, 7) is 27.4. The molecule has 0 amide bonds. The predicted molar refractivity (Wildman–Crippen MR) is 211 cm³/mol. The van der Waals surface area contributed by atoms with Crippen LogP contribution in [-0.4, -0.2) is 0 Å². The second-order valence-electron chi connectivity index (χ2n) is 17.5. The van der Waals surface area contributed by atoms with E-state index in [4.69, 9.17) is 0 Å². The summed E-state index contributed by atoms with van der Waals surface area (Å²) >= 11 is 0. The lowest BCUT2D eigenvalue weighted by Gasteiger charge is -2.32. The van der Waals surface area contributed by atoms with Crippen LogP contribution in [-0.2, 0) is 21.7 Å². The number of benzene rings is 5. The topological polar surface area (TPSA) is 15.3 Å². The van der Waals surface area contributed by atoms with E-state index in [9.17, 15) is 0 Å². The molecule has 0 atom stereocenters. The fraction of sp³-hybridized carbons (Fsp3) is 0.348. The van der Waals surface area contributed by atoms with Crippen molar-refractivity contribution in [3.63, 3.8) is 0 Å². The zero-order valence-corrected chi connectivity index (χ0v) is 31.4. The summed E-state index contributed by atoms with van der Waals surface area (Å²) in [4.78, 5) is 2.45. The number of anilines is 5. The minimum absolute atomic E-state index is 0.0209. The first-order chi connectivity index (χ1) is 22.3. The van der Waals surface area contributed by atoms with Crippen molar-refractivity contribution in [1.29, 1.82) is 0 Å². The van der Waals surface area contributed by atoms with Crippen LogP contribution in [0.2, 0.25) is 0 Å². The lowest BCUT2D eigenvalue weighted by molar-refractivity contribution is 0.589. The molecule has 0 aliphatic heterocycles. The second-order valence-corrected chi connectivity index (χ2v) is 17.5. The molecule has 48 heavy (non-hydrogen) atoms. The minimum atomic E-state index is -0.0529. The van der Waals surface area contributed by atoms with Crippen LogP contribution < -0.4 is 10.2 Å². The van der Waals surface area contributed by atoms with E-state index in [-0.39, 0.29) is 21.7 Å². The number of rotatable bonds is 6. The zero-order chi connectivity index (χ0) is 35.1. The molecular weight excluding hydrogens is 581 g/mol. The molecule has 0 saturated carbocycles. The Morgan fingerprint density at radius 3 is 1.42 bits per heavy atom. The molecular formula is C46H56N2. The van der Waals surface area contributed by atoms with Crippen molar-refractivity contribution in [2.75, 3.05) is 10.2 Å². The standard InChI is InChI=1S/C46H56N2/c1-43(2,3)33-18-23-37(24-19-33)47-38-28-36(46(10,11)12)29-40(31-38)48(39-25-20-34(21-26-39)44(4,5)6)42-27-22-35(45(7,8)9)30-41(42)32-16-14-13-15-17-32/h13-31,47H,1-12H3. The van der Waals surface area contributed by atoms with Gasteiger partial charge in [-0.2, -0.15) is 0 Å². The molecule has 0 saturated heterocycles. The normalized spacial score (nSPS) is 12.6. The van der Waals surface area contributed by atoms with Gasteiger partial charge in [0.1, 0.15) is 0 Å². The highest BCUT2D eigenvalue weighted by Gasteiger charge is 2.24. The highest BCUT2D eigenvalue weighted by Crippen LogP contribution is 2.45. The summed E-state index contributed by atoms with van der Waals surface area (Å²) in [5.74, 6) is 0. The summed E-state index contributed by atoms with van der Waals surface area (Å²) in [6, 6.07) is 42.9. The van der Waals surface area contributed by atoms with Crippen molar-refractivity contribution in [3.05, 3.63) is 138 Å². The molecule has 250 valence electrons. The summed E-state index contributed by atoms with van der Waals surface area (Å²) in [5.41, 5.74) is 13.4. The third-order valence-corrected chi connectivity index (χ3v) is 9.26. The van der Waals surface area contributed by atoms with Gasteiger partial charge in [-0.3, -0.25) is 0 Å². The van der Waals surface area contributed by atoms with Crippen LogP contribution in [0.4, 0.5) is 28.4 Å². The van der Waals surface area contributed by atoms with Crippen molar-refractivity contribution in [3.8, 4) is 11.1 Å². The highest BCUT2D eigenvalue weighted by molar-refractivity contribution is 5.89. The van der Waals surface area contributed by atoms with Crippen molar-refractivity contribution in [2.45, 2.75) is 105 Å².